The van der Waals surface area contributed by atoms with Gasteiger partial charge in [0.15, 0.2) is 0 Å². The molecule has 0 aromatic carbocycles. The molecule has 18 heteroatoms. The van der Waals surface area contributed by atoms with Crippen molar-refractivity contribution in [3.8, 4) is 0 Å². The van der Waals surface area contributed by atoms with Gasteiger partial charge >= 0.3 is 41.7 Å². The van der Waals surface area contributed by atoms with Crippen molar-refractivity contribution in [1.82, 2.24) is 0 Å². The Bertz CT molecular complexity index is 821. The number of carboxylic acids is 1. The van der Waals surface area contributed by atoms with Crippen LogP contribution in [0, 0.1) is 5.92 Å². The van der Waals surface area contributed by atoms with E-state index < -0.39 is 89.1 Å². The fourth-order valence-electron chi connectivity index (χ4n) is 3.29. The summed E-state index contributed by atoms with van der Waals surface area (Å²) in [6.07, 6.45) is -13.3. The van der Waals surface area contributed by atoms with Crippen LogP contribution in [0.1, 0.15) is 32.1 Å². The van der Waals surface area contributed by atoms with E-state index in [0.717, 1.165) is 22.6 Å². The van der Waals surface area contributed by atoms with Gasteiger partial charge in [-0.2, -0.15) is 65.9 Å². The van der Waals surface area contributed by atoms with Crippen LogP contribution in [0.5, 0.6) is 0 Å². The molecule has 206 valence electrons. The molecular weight excluding hydrogens is 648 g/mol. The van der Waals surface area contributed by atoms with Gasteiger partial charge in [0.05, 0.1) is 11.9 Å². The van der Waals surface area contributed by atoms with Gasteiger partial charge in [-0.3, -0.25) is 0 Å². The largest absolute Gasteiger partial charge is 0.550 e. The van der Waals surface area contributed by atoms with Gasteiger partial charge in [-0.15, -0.1) is 0 Å². The highest BCUT2D eigenvalue weighted by molar-refractivity contribution is 14.1. The average Bonchev–Trinajstić information content (AvgIpc) is 2.60. The Morgan fingerprint density at radius 3 is 1.80 bits per heavy atom. The fraction of sp³-hybridized carbons (Fsp3) is 0.824. The molecule has 0 radical (unpaired) electrons. The summed E-state index contributed by atoms with van der Waals surface area (Å²) < 4.78 is 194. The maximum Gasteiger partial charge on any atom is 0.460 e. The normalized spacial score (nSPS) is 27.3. The topological polar surface area (TPSA) is 40.1 Å². The van der Waals surface area contributed by atoms with E-state index in [1.807, 2.05) is 0 Å². The molecule has 0 N–H and O–H groups in total. The number of unbranched alkanes of at least 4 members (excludes halogenated alkanes) is 1. The predicted octanol–water partition coefficient (Wildman–Crippen LogP) is 6.42. The highest BCUT2D eigenvalue weighted by Gasteiger charge is 2.82. The Morgan fingerprint density at radius 1 is 0.886 bits per heavy atom. The molecule has 1 aliphatic carbocycles. The lowest BCUT2D eigenvalue weighted by atomic mass is 9.71. The Morgan fingerprint density at radius 2 is 1.37 bits per heavy atom. The standard InChI is InChI=1S/C17H14F15IO2/c18-11(19,15(26,27)16(28,29)17(30,31)32)6-4-2-1-3-5-10(33)7-12(20,21)14(24,25)13(22,23)8(10)9(34)35/h1,3,8H,2,4-7H2,(H,34,35)/p-1. The number of carbonyl (C=O) groups is 1. The summed E-state index contributed by atoms with van der Waals surface area (Å²) in [5.74, 6) is -43.3. The van der Waals surface area contributed by atoms with Gasteiger partial charge in [0.1, 0.15) is 0 Å². The van der Waals surface area contributed by atoms with Crippen molar-refractivity contribution in [3.05, 3.63) is 12.2 Å². The highest BCUT2D eigenvalue weighted by atomic mass is 127. The van der Waals surface area contributed by atoms with Gasteiger partial charge in [0.25, 0.3) is 0 Å². The molecule has 1 saturated carbocycles. The molecule has 0 amide bonds. The molecule has 0 saturated heterocycles. The summed E-state index contributed by atoms with van der Waals surface area (Å²) in [6.45, 7) is 0. The summed E-state index contributed by atoms with van der Waals surface area (Å²) in [6, 6.07) is 0. The first-order valence-electron chi connectivity index (χ1n) is 9.11. The minimum absolute atomic E-state index is 0.582. The van der Waals surface area contributed by atoms with Crippen molar-refractivity contribution in [2.24, 2.45) is 5.92 Å². The monoisotopic (exact) mass is 661 g/mol. The van der Waals surface area contributed by atoms with E-state index in [4.69, 9.17) is 0 Å². The number of rotatable bonds is 9. The van der Waals surface area contributed by atoms with Crippen LogP contribution >= 0.6 is 22.6 Å². The van der Waals surface area contributed by atoms with Crippen LogP contribution < -0.4 is 5.11 Å². The molecule has 1 aliphatic rings. The van der Waals surface area contributed by atoms with Gasteiger partial charge in [-0.1, -0.05) is 34.7 Å². The average molecular weight is 661 g/mol. The second-order valence-corrected chi connectivity index (χ2v) is 9.93. The van der Waals surface area contributed by atoms with E-state index in [1.165, 1.54) is 0 Å². The second kappa shape index (κ2) is 9.33. The molecule has 0 heterocycles. The maximum atomic E-state index is 14.0. The van der Waals surface area contributed by atoms with Gasteiger partial charge in [0.2, 0.25) is 0 Å². The van der Waals surface area contributed by atoms with Gasteiger partial charge in [-0.05, 0) is 19.3 Å². The smallest absolute Gasteiger partial charge is 0.460 e. The Hall–Kier alpha value is -1.11. The number of allylic oxidation sites excluding steroid dienone is 2. The number of aliphatic carboxylic acids is 1. The van der Waals surface area contributed by atoms with Crippen LogP contribution in [0.25, 0.3) is 0 Å². The fourth-order valence-corrected chi connectivity index (χ4v) is 4.66. The number of hydrogen-bond acceptors (Lipinski definition) is 2. The molecule has 2 unspecified atom stereocenters. The van der Waals surface area contributed by atoms with Crippen LogP contribution in [-0.2, 0) is 4.79 Å². The van der Waals surface area contributed by atoms with E-state index in [9.17, 15) is 75.8 Å². The first-order chi connectivity index (χ1) is 15.2. The molecule has 0 aromatic rings. The highest BCUT2D eigenvalue weighted by Crippen LogP contribution is 2.62. The molecule has 2 atom stereocenters. The van der Waals surface area contributed by atoms with Crippen molar-refractivity contribution in [3.63, 3.8) is 0 Å². The number of carbonyl (C=O) groups excluding carboxylic acids is 1. The van der Waals surface area contributed by atoms with Crippen LogP contribution in [0.2, 0.25) is 0 Å². The third-order valence-electron chi connectivity index (χ3n) is 5.20. The lowest BCUT2D eigenvalue weighted by Gasteiger charge is -2.50. The minimum Gasteiger partial charge on any atom is -0.550 e. The van der Waals surface area contributed by atoms with Gasteiger partial charge in [0, 0.05) is 16.3 Å². The second-order valence-electron chi connectivity index (χ2n) is 7.78. The van der Waals surface area contributed by atoms with E-state index in [-0.39, 0.29) is 0 Å². The summed E-state index contributed by atoms with van der Waals surface area (Å²) in [7, 11) is 0. The van der Waals surface area contributed by atoms with Crippen molar-refractivity contribution < 1.29 is 75.8 Å². The molecule has 0 bridgehead atoms. The zero-order chi connectivity index (χ0) is 28.1. The predicted molar refractivity (Wildman–Crippen MR) is 93.2 cm³/mol. The lowest BCUT2D eigenvalue weighted by molar-refractivity contribution is -0.396. The van der Waals surface area contributed by atoms with Crippen LogP contribution in [0.3, 0.4) is 0 Å². The maximum absolute atomic E-state index is 14.0. The molecule has 0 aliphatic heterocycles. The molecule has 1 rings (SSSR count). The molecule has 0 aromatic heterocycles. The quantitative estimate of drug-likeness (QED) is 0.0942. The van der Waals surface area contributed by atoms with E-state index in [1.54, 1.807) is 0 Å². The summed E-state index contributed by atoms with van der Waals surface area (Å²) in [4.78, 5) is 11.1. The first kappa shape index (κ1) is 31.9. The first-order valence-corrected chi connectivity index (χ1v) is 10.2. The SMILES string of the molecule is O=C([O-])C1C(I)(CC=CCCCC(F)(F)C(F)(F)C(F)(F)C(F)(F)F)CC(F)(F)C(F)(F)C1(F)F. The molecule has 35 heavy (non-hydrogen) atoms. The molecular formula is C17H13F15IO2-. The van der Waals surface area contributed by atoms with Crippen LogP contribution in [0.4, 0.5) is 65.9 Å². The summed E-state index contributed by atoms with van der Waals surface area (Å²) in [5, 5.41) is 11.1. The van der Waals surface area contributed by atoms with Gasteiger partial charge < -0.3 is 9.90 Å². The Labute approximate surface area is 200 Å². The third kappa shape index (κ3) is 5.31. The Balaban J connectivity index is 2.95. The number of alkyl halides is 16. The zero-order valence-electron chi connectivity index (χ0n) is 16.6. The van der Waals surface area contributed by atoms with Crippen molar-refractivity contribution in [2.45, 2.75) is 77.2 Å². The minimum atomic E-state index is -7.09. The molecule has 0 spiro atoms. The van der Waals surface area contributed by atoms with Crippen molar-refractivity contribution in [1.29, 1.82) is 0 Å². The zero-order valence-corrected chi connectivity index (χ0v) is 18.8. The van der Waals surface area contributed by atoms with Crippen LogP contribution in [0.15, 0.2) is 12.2 Å². The van der Waals surface area contributed by atoms with E-state index in [0.29, 0.717) is 12.2 Å². The number of halogens is 16. The number of carboxylic acid groups (broad SMARTS) is 1. The number of hydrogen-bond donors (Lipinski definition) is 0. The summed E-state index contributed by atoms with van der Waals surface area (Å²) in [5.41, 5.74) is 0. The molecule has 1 fully saturated rings. The van der Waals surface area contributed by atoms with Crippen molar-refractivity contribution in [2.75, 3.05) is 0 Å². The third-order valence-corrected chi connectivity index (χ3v) is 6.65. The molecule has 2 nitrogen and oxygen atoms in total. The van der Waals surface area contributed by atoms with Crippen molar-refractivity contribution >= 4 is 28.6 Å². The lowest BCUT2D eigenvalue weighted by Crippen LogP contribution is -2.71. The Kier molecular flexibility index (Phi) is 8.50. The van der Waals surface area contributed by atoms with E-state index >= 15 is 0 Å². The van der Waals surface area contributed by atoms with Gasteiger partial charge in [-0.25, -0.2) is 0 Å². The van der Waals surface area contributed by atoms with Crippen LogP contribution in [-0.4, -0.2) is 51.1 Å². The van der Waals surface area contributed by atoms with E-state index in [2.05, 4.69) is 0 Å². The summed E-state index contributed by atoms with van der Waals surface area (Å²) >= 11 is 0.760.